The third-order valence-electron chi connectivity index (χ3n) is 2.20. The molecule has 14 heavy (non-hydrogen) atoms. The highest BCUT2D eigenvalue weighted by atomic mass is 14.7. The summed E-state index contributed by atoms with van der Waals surface area (Å²) in [4.78, 5) is 4.37. The van der Waals surface area contributed by atoms with Crippen molar-refractivity contribution in [3.63, 3.8) is 0 Å². The molecular formula is C12H10N2. The van der Waals surface area contributed by atoms with Gasteiger partial charge in [0.2, 0.25) is 0 Å². The summed E-state index contributed by atoms with van der Waals surface area (Å²) in [7, 11) is 0. The fourth-order valence-electron chi connectivity index (χ4n) is 1.57. The molecule has 2 heteroatoms. The number of aryl methyl sites for hydroxylation is 2. The van der Waals surface area contributed by atoms with Gasteiger partial charge >= 0.3 is 0 Å². The highest BCUT2D eigenvalue weighted by Gasteiger charge is 2.02. The van der Waals surface area contributed by atoms with Crippen molar-refractivity contribution in [1.29, 1.82) is 5.26 Å². The van der Waals surface area contributed by atoms with Gasteiger partial charge in [0.05, 0.1) is 11.1 Å². The predicted molar refractivity (Wildman–Crippen MR) is 55.9 cm³/mol. The summed E-state index contributed by atoms with van der Waals surface area (Å²) in [6.07, 6.45) is 0. The van der Waals surface area contributed by atoms with Gasteiger partial charge in [-0.3, -0.25) is 4.98 Å². The summed E-state index contributed by atoms with van der Waals surface area (Å²) in [5.74, 6) is 0. The van der Waals surface area contributed by atoms with E-state index in [0.29, 0.717) is 5.56 Å². The summed E-state index contributed by atoms with van der Waals surface area (Å²) >= 11 is 0. The van der Waals surface area contributed by atoms with E-state index in [9.17, 15) is 0 Å². The molecule has 0 aliphatic heterocycles. The lowest BCUT2D eigenvalue weighted by atomic mass is 10.1. The molecule has 0 radical (unpaired) electrons. The number of pyridine rings is 1. The van der Waals surface area contributed by atoms with Crippen LogP contribution in [0.5, 0.6) is 0 Å². The summed E-state index contributed by atoms with van der Waals surface area (Å²) in [6.45, 7) is 3.92. The zero-order chi connectivity index (χ0) is 10.1. The average Bonchev–Trinajstić information content (AvgIpc) is 2.17. The van der Waals surface area contributed by atoms with Crippen LogP contribution in [0.2, 0.25) is 0 Å². The average molecular weight is 182 g/mol. The first-order valence-corrected chi connectivity index (χ1v) is 4.49. The van der Waals surface area contributed by atoms with Crippen molar-refractivity contribution in [2.24, 2.45) is 0 Å². The lowest BCUT2D eigenvalue weighted by Gasteiger charge is -2.02. The monoisotopic (exact) mass is 182 g/mol. The Morgan fingerprint density at radius 1 is 1.21 bits per heavy atom. The molecule has 0 amide bonds. The molecule has 0 spiro atoms. The number of benzene rings is 1. The predicted octanol–water partition coefficient (Wildman–Crippen LogP) is 2.72. The number of rotatable bonds is 0. The topological polar surface area (TPSA) is 36.7 Å². The van der Waals surface area contributed by atoms with E-state index in [1.165, 1.54) is 0 Å². The van der Waals surface area contributed by atoms with E-state index in [1.54, 1.807) is 0 Å². The van der Waals surface area contributed by atoms with Crippen molar-refractivity contribution >= 4 is 10.9 Å². The number of fused-ring (bicyclic) bond motifs is 1. The van der Waals surface area contributed by atoms with E-state index in [1.807, 2.05) is 38.1 Å². The molecule has 0 atom stereocenters. The minimum absolute atomic E-state index is 0.656. The van der Waals surface area contributed by atoms with E-state index in [2.05, 4.69) is 11.1 Å². The molecule has 0 saturated heterocycles. The van der Waals surface area contributed by atoms with Crippen LogP contribution in [0.4, 0.5) is 0 Å². The Morgan fingerprint density at radius 2 is 2.00 bits per heavy atom. The molecule has 1 aromatic carbocycles. The van der Waals surface area contributed by atoms with E-state index in [-0.39, 0.29) is 0 Å². The highest BCUT2D eigenvalue weighted by molar-refractivity contribution is 5.85. The van der Waals surface area contributed by atoms with Crippen molar-refractivity contribution in [3.8, 4) is 6.07 Å². The zero-order valence-electron chi connectivity index (χ0n) is 8.20. The van der Waals surface area contributed by atoms with Gasteiger partial charge in [0.15, 0.2) is 0 Å². The fourth-order valence-corrected chi connectivity index (χ4v) is 1.57. The summed E-state index contributed by atoms with van der Waals surface area (Å²) < 4.78 is 0. The van der Waals surface area contributed by atoms with E-state index in [4.69, 9.17) is 5.26 Å². The highest BCUT2D eigenvalue weighted by Crippen LogP contribution is 2.18. The van der Waals surface area contributed by atoms with Gasteiger partial charge in [0.25, 0.3) is 0 Å². The normalized spacial score (nSPS) is 10.1. The summed E-state index contributed by atoms with van der Waals surface area (Å²) in [5.41, 5.74) is 3.50. The van der Waals surface area contributed by atoms with Crippen LogP contribution in [0.1, 0.15) is 16.8 Å². The van der Waals surface area contributed by atoms with Crippen LogP contribution >= 0.6 is 0 Å². The van der Waals surface area contributed by atoms with Gasteiger partial charge in [-0.25, -0.2) is 0 Å². The van der Waals surface area contributed by atoms with Crippen molar-refractivity contribution in [3.05, 3.63) is 41.1 Å². The van der Waals surface area contributed by atoms with Crippen LogP contribution in [0.15, 0.2) is 24.3 Å². The first-order valence-electron chi connectivity index (χ1n) is 4.49. The quantitative estimate of drug-likeness (QED) is 0.628. The molecular weight excluding hydrogens is 172 g/mol. The van der Waals surface area contributed by atoms with Crippen LogP contribution in [0.25, 0.3) is 10.9 Å². The minimum Gasteiger partial charge on any atom is -0.252 e. The second-order valence-corrected chi connectivity index (χ2v) is 3.45. The van der Waals surface area contributed by atoms with Gasteiger partial charge in [-0.05, 0) is 37.6 Å². The molecule has 0 fully saturated rings. The SMILES string of the molecule is Cc1cc(C#N)c2nc(C)ccc2c1. The molecule has 0 aliphatic carbocycles. The van der Waals surface area contributed by atoms with Gasteiger partial charge < -0.3 is 0 Å². The molecule has 1 heterocycles. The zero-order valence-corrected chi connectivity index (χ0v) is 8.20. The third-order valence-corrected chi connectivity index (χ3v) is 2.20. The maximum atomic E-state index is 8.96. The van der Waals surface area contributed by atoms with Crippen molar-refractivity contribution in [2.75, 3.05) is 0 Å². The standard InChI is InChI=1S/C12H10N2/c1-8-5-10-4-3-9(2)14-12(10)11(6-8)7-13/h3-6H,1-2H3. The molecule has 2 aromatic rings. The Labute approximate surface area is 82.8 Å². The largest absolute Gasteiger partial charge is 0.252 e. The number of hydrogen-bond donors (Lipinski definition) is 0. The number of nitriles is 1. The van der Waals surface area contributed by atoms with E-state index >= 15 is 0 Å². The van der Waals surface area contributed by atoms with Crippen LogP contribution in [-0.4, -0.2) is 4.98 Å². The van der Waals surface area contributed by atoms with Crippen molar-refractivity contribution in [1.82, 2.24) is 4.98 Å². The molecule has 0 saturated carbocycles. The van der Waals surface area contributed by atoms with Gasteiger partial charge in [0, 0.05) is 11.1 Å². The molecule has 0 unspecified atom stereocenters. The number of aromatic nitrogens is 1. The number of nitrogens with zero attached hydrogens (tertiary/aromatic N) is 2. The minimum atomic E-state index is 0.656. The van der Waals surface area contributed by atoms with Gasteiger partial charge in [-0.1, -0.05) is 6.07 Å². The lowest BCUT2D eigenvalue weighted by Crippen LogP contribution is -1.88. The second kappa shape index (κ2) is 3.12. The van der Waals surface area contributed by atoms with Gasteiger partial charge in [-0.15, -0.1) is 0 Å². The maximum absolute atomic E-state index is 8.96. The van der Waals surface area contributed by atoms with Crippen LogP contribution < -0.4 is 0 Å². The molecule has 2 rings (SSSR count). The molecule has 0 N–H and O–H groups in total. The van der Waals surface area contributed by atoms with E-state index in [0.717, 1.165) is 22.2 Å². The maximum Gasteiger partial charge on any atom is 0.101 e. The first-order chi connectivity index (χ1) is 6.70. The smallest absolute Gasteiger partial charge is 0.101 e. The Bertz CT molecular complexity index is 536. The van der Waals surface area contributed by atoms with Gasteiger partial charge in [0.1, 0.15) is 6.07 Å². The van der Waals surface area contributed by atoms with Crippen molar-refractivity contribution < 1.29 is 0 Å². The lowest BCUT2D eigenvalue weighted by molar-refractivity contribution is 1.25. The van der Waals surface area contributed by atoms with Crippen LogP contribution in [0, 0.1) is 25.2 Å². The summed E-state index contributed by atoms with van der Waals surface area (Å²) in [6, 6.07) is 10.1. The van der Waals surface area contributed by atoms with Crippen molar-refractivity contribution in [2.45, 2.75) is 13.8 Å². The molecule has 1 aromatic heterocycles. The Balaban J connectivity index is 2.90. The van der Waals surface area contributed by atoms with E-state index < -0.39 is 0 Å². The van der Waals surface area contributed by atoms with Crippen LogP contribution in [-0.2, 0) is 0 Å². The molecule has 0 bridgehead atoms. The summed E-state index contributed by atoms with van der Waals surface area (Å²) in [5, 5.41) is 10.00. The molecule has 68 valence electrons. The first kappa shape index (κ1) is 8.71. The Morgan fingerprint density at radius 3 is 2.71 bits per heavy atom. The Hall–Kier alpha value is -1.88. The fraction of sp³-hybridized carbons (Fsp3) is 0.167. The molecule has 2 nitrogen and oxygen atoms in total. The third kappa shape index (κ3) is 1.33. The molecule has 0 aliphatic rings. The van der Waals surface area contributed by atoms with Gasteiger partial charge in [-0.2, -0.15) is 5.26 Å². The second-order valence-electron chi connectivity index (χ2n) is 3.45. The number of hydrogen-bond acceptors (Lipinski definition) is 2. The van der Waals surface area contributed by atoms with Crippen LogP contribution in [0.3, 0.4) is 0 Å². The Kier molecular flexibility index (Phi) is 1.94.